The zero-order valence-corrected chi connectivity index (χ0v) is 19.6. The van der Waals surface area contributed by atoms with E-state index < -0.39 is 17.9 Å². The fraction of sp³-hybridized carbons (Fsp3) is 0.179. The van der Waals surface area contributed by atoms with Crippen LogP contribution in [0.5, 0.6) is 11.5 Å². The van der Waals surface area contributed by atoms with Crippen molar-refractivity contribution >= 4 is 22.8 Å². The third kappa shape index (κ3) is 5.95. The van der Waals surface area contributed by atoms with Gasteiger partial charge in [-0.1, -0.05) is 48.5 Å². The fourth-order valence-corrected chi connectivity index (χ4v) is 3.82. The summed E-state index contributed by atoms with van der Waals surface area (Å²) in [6.07, 6.45) is 1.71. The number of amides is 1. The van der Waals surface area contributed by atoms with Gasteiger partial charge in [0.05, 0.1) is 32.2 Å². The SMILES string of the molecule is COc1ccc(C(NC(=O)COC(=O)Cc2cccc3cccnc23)c2ccc(OC)cc2)cc1. The molecule has 35 heavy (non-hydrogen) atoms. The molecule has 0 bridgehead atoms. The summed E-state index contributed by atoms with van der Waals surface area (Å²) in [6, 6.07) is 23.8. The third-order valence-corrected chi connectivity index (χ3v) is 5.62. The molecule has 0 radical (unpaired) electrons. The van der Waals surface area contributed by atoms with E-state index in [-0.39, 0.29) is 13.0 Å². The van der Waals surface area contributed by atoms with Crippen molar-refractivity contribution in [2.24, 2.45) is 0 Å². The Morgan fingerprint density at radius 3 is 2.03 bits per heavy atom. The van der Waals surface area contributed by atoms with E-state index in [0.29, 0.717) is 11.5 Å². The van der Waals surface area contributed by atoms with Gasteiger partial charge in [-0.25, -0.2) is 0 Å². The number of rotatable bonds is 9. The molecule has 3 aromatic carbocycles. The van der Waals surface area contributed by atoms with Crippen LogP contribution < -0.4 is 14.8 Å². The minimum atomic E-state index is -0.497. The lowest BCUT2D eigenvalue weighted by molar-refractivity contribution is -0.148. The van der Waals surface area contributed by atoms with Crippen LogP contribution in [0, 0.1) is 0 Å². The molecule has 1 N–H and O–H groups in total. The molecule has 0 saturated heterocycles. The Morgan fingerprint density at radius 1 is 0.829 bits per heavy atom. The minimum Gasteiger partial charge on any atom is -0.497 e. The molecule has 0 unspecified atom stereocenters. The maximum absolute atomic E-state index is 12.8. The second kappa shape index (κ2) is 11.2. The van der Waals surface area contributed by atoms with Crippen LogP contribution in [-0.2, 0) is 20.7 Å². The highest BCUT2D eigenvalue weighted by Crippen LogP contribution is 2.26. The van der Waals surface area contributed by atoms with Gasteiger partial charge in [-0.05, 0) is 47.0 Å². The molecular weight excluding hydrogens is 444 g/mol. The van der Waals surface area contributed by atoms with E-state index >= 15 is 0 Å². The lowest BCUT2D eigenvalue weighted by Crippen LogP contribution is -2.33. The summed E-state index contributed by atoms with van der Waals surface area (Å²) in [5.74, 6) is 0.519. The standard InChI is InChI=1S/C28H26N2O5/c1-33-23-12-8-20(9-13-23)28(21-10-14-24(34-2)15-11-21)30-25(31)18-35-26(32)17-22-6-3-5-19-7-4-16-29-27(19)22/h3-16,28H,17-18H2,1-2H3,(H,30,31). The average Bonchev–Trinajstić information content (AvgIpc) is 2.91. The third-order valence-electron chi connectivity index (χ3n) is 5.62. The number of nitrogens with zero attached hydrogens (tertiary/aromatic N) is 1. The zero-order chi connectivity index (χ0) is 24.6. The molecule has 4 rings (SSSR count). The number of benzene rings is 3. The summed E-state index contributed by atoms with van der Waals surface area (Å²) in [4.78, 5) is 29.6. The smallest absolute Gasteiger partial charge is 0.310 e. The number of pyridine rings is 1. The van der Waals surface area contributed by atoms with E-state index in [1.54, 1.807) is 20.4 Å². The van der Waals surface area contributed by atoms with Crippen molar-refractivity contribution in [3.8, 4) is 11.5 Å². The monoisotopic (exact) mass is 470 g/mol. The molecule has 1 amide bonds. The van der Waals surface area contributed by atoms with Gasteiger partial charge in [0.15, 0.2) is 6.61 Å². The normalized spacial score (nSPS) is 10.7. The van der Waals surface area contributed by atoms with Crippen LogP contribution in [0.3, 0.4) is 0 Å². The van der Waals surface area contributed by atoms with Gasteiger partial charge in [0.25, 0.3) is 5.91 Å². The zero-order valence-electron chi connectivity index (χ0n) is 19.6. The lowest BCUT2D eigenvalue weighted by atomic mass is 9.98. The Hall–Kier alpha value is -4.39. The van der Waals surface area contributed by atoms with Gasteiger partial charge in [-0.2, -0.15) is 0 Å². The molecule has 7 nitrogen and oxygen atoms in total. The predicted molar refractivity (Wildman–Crippen MR) is 132 cm³/mol. The molecule has 0 aliphatic carbocycles. The molecule has 0 saturated carbocycles. The van der Waals surface area contributed by atoms with Gasteiger partial charge >= 0.3 is 5.97 Å². The van der Waals surface area contributed by atoms with Gasteiger partial charge in [-0.15, -0.1) is 0 Å². The molecule has 0 aliphatic heterocycles. The molecule has 4 aromatic rings. The number of hydrogen-bond donors (Lipinski definition) is 1. The second-order valence-corrected chi connectivity index (χ2v) is 7.88. The van der Waals surface area contributed by atoms with E-state index in [9.17, 15) is 9.59 Å². The summed E-state index contributed by atoms with van der Waals surface area (Å²) in [7, 11) is 3.20. The molecule has 0 aliphatic rings. The van der Waals surface area contributed by atoms with Crippen molar-refractivity contribution in [2.75, 3.05) is 20.8 Å². The van der Waals surface area contributed by atoms with Gasteiger partial charge < -0.3 is 19.5 Å². The molecular formula is C28H26N2O5. The van der Waals surface area contributed by atoms with E-state index in [2.05, 4.69) is 10.3 Å². The number of carbonyl (C=O) groups excluding carboxylic acids is 2. The molecule has 7 heteroatoms. The molecule has 0 atom stereocenters. The van der Waals surface area contributed by atoms with E-state index in [1.807, 2.05) is 78.9 Å². The first-order chi connectivity index (χ1) is 17.1. The maximum Gasteiger partial charge on any atom is 0.310 e. The number of ether oxygens (including phenoxy) is 3. The number of aromatic nitrogens is 1. The molecule has 0 spiro atoms. The maximum atomic E-state index is 12.8. The van der Waals surface area contributed by atoms with Gasteiger partial charge in [0.1, 0.15) is 11.5 Å². The van der Waals surface area contributed by atoms with Crippen LogP contribution in [-0.4, -0.2) is 37.7 Å². The predicted octanol–water partition coefficient (Wildman–Crippen LogP) is 4.24. The number of esters is 1. The number of methoxy groups -OCH3 is 2. The highest BCUT2D eigenvalue weighted by molar-refractivity contribution is 5.87. The quantitative estimate of drug-likeness (QED) is 0.368. The highest BCUT2D eigenvalue weighted by Gasteiger charge is 2.19. The van der Waals surface area contributed by atoms with Crippen LogP contribution in [0.2, 0.25) is 0 Å². The summed E-state index contributed by atoms with van der Waals surface area (Å²) in [5.41, 5.74) is 3.22. The Balaban J connectivity index is 1.43. The van der Waals surface area contributed by atoms with Crippen LogP contribution in [0.1, 0.15) is 22.7 Å². The van der Waals surface area contributed by atoms with E-state index in [0.717, 1.165) is 27.6 Å². The first-order valence-electron chi connectivity index (χ1n) is 11.1. The first kappa shape index (κ1) is 23.8. The molecule has 178 valence electrons. The number of carbonyl (C=O) groups is 2. The molecule has 1 heterocycles. The van der Waals surface area contributed by atoms with Crippen molar-refractivity contribution in [1.82, 2.24) is 10.3 Å². The number of para-hydroxylation sites is 1. The van der Waals surface area contributed by atoms with Crippen molar-refractivity contribution in [1.29, 1.82) is 0 Å². The Kier molecular flexibility index (Phi) is 7.57. The van der Waals surface area contributed by atoms with Gasteiger partial charge in [0, 0.05) is 11.6 Å². The van der Waals surface area contributed by atoms with Crippen molar-refractivity contribution < 1.29 is 23.8 Å². The first-order valence-corrected chi connectivity index (χ1v) is 11.1. The van der Waals surface area contributed by atoms with Gasteiger partial charge in [0.2, 0.25) is 0 Å². The van der Waals surface area contributed by atoms with E-state index in [1.165, 1.54) is 0 Å². The number of nitrogens with one attached hydrogen (secondary N) is 1. The van der Waals surface area contributed by atoms with Crippen LogP contribution in [0.25, 0.3) is 10.9 Å². The second-order valence-electron chi connectivity index (χ2n) is 7.88. The van der Waals surface area contributed by atoms with E-state index in [4.69, 9.17) is 14.2 Å². The molecule has 1 aromatic heterocycles. The van der Waals surface area contributed by atoms with Crippen molar-refractivity contribution in [2.45, 2.75) is 12.5 Å². The highest BCUT2D eigenvalue weighted by atomic mass is 16.5. The largest absolute Gasteiger partial charge is 0.497 e. The average molecular weight is 471 g/mol. The van der Waals surface area contributed by atoms with Crippen LogP contribution >= 0.6 is 0 Å². The summed E-state index contributed by atoms with van der Waals surface area (Å²) in [6.45, 7) is -0.389. The number of fused-ring (bicyclic) bond motifs is 1. The topological polar surface area (TPSA) is 86.8 Å². The summed E-state index contributed by atoms with van der Waals surface area (Å²) in [5, 5.41) is 3.91. The molecule has 0 fully saturated rings. The van der Waals surface area contributed by atoms with Gasteiger partial charge in [-0.3, -0.25) is 14.6 Å². The Bertz CT molecular complexity index is 1250. The summed E-state index contributed by atoms with van der Waals surface area (Å²) < 4.78 is 15.8. The minimum absolute atomic E-state index is 0.0298. The fourth-order valence-electron chi connectivity index (χ4n) is 3.82. The number of hydrogen-bond acceptors (Lipinski definition) is 6. The lowest BCUT2D eigenvalue weighted by Gasteiger charge is -2.20. The Morgan fingerprint density at radius 2 is 1.43 bits per heavy atom. The van der Waals surface area contributed by atoms with Crippen molar-refractivity contribution in [3.05, 3.63) is 102 Å². The van der Waals surface area contributed by atoms with Crippen molar-refractivity contribution in [3.63, 3.8) is 0 Å². The van der Waals surface area contributed by atoms with Crippen LogP contribution in [0.15, 0.2) is 85.1 Å². The Labute approximate surface area is 203 Å². The summed E-state index contributed by atoms with van der Waals surface area (Å²) >= 11 is 0. The van der Waals surface area contributed by atoms with Crippen LogP contribution in [0.4, 0.5) is 0 Å².